The fourth-order valence-corrected chi connectivity index (χ4v) is 1.08. The summed E-state index contributed by atoms with van der Waals surface area (Å²) in [6.45, 7) is 4.72. The fourth-order valence-electron chi connectivity index (χ4n) is 1.08. The van der Waals surface area contributed by atoms with Crippen LogP contribution in [0.25, 0.3) is 0 Å². The molecule has 0 heterocycles. The van der Waals surface area contributed by atoms with Crippen LogP contribution in [0.5, 0.6) is 0 Å². The van der Waals surface area contributed by atoms with E-state index in [1.807, 2.05) is 0 Å². The lowest BCUT2D eigenvalue weighted by molar-refractivity contribution is 0.101. The summed E-state index contributed by atoms with van der Waals surface area (Å²) in [6.07, 6.45) is 0. The van der Waals surface area contributed by atoms with Crippen LogP contribution in [-0.4, -0.2) is 16.5 Å². The lowest BCUT2D eigenvalue weighted by Crippen LogP contribution is -2.14. The normalized spacial score (nSPS) is 9.65. The number of benzene rings is 1. The summed E-state index contributed by atoms with van der Waals surface area (Å²) < 4.78 is 0. The zero-order valence-corrected chi connectivity index (χ0v) is 10.2. The molecule has 0 saturated heterocycles. The zero-order chi connectivity index (χ0) is 12.9. The van der Waals surface area contributed by atoms with E-state index in [1.54, 1.807) is 38.1 Å². The van der Waals surface area contributed by atoms with E-state index >= 15 is 0 Å². The molecule has 1 aromatic carbocycles. The Morgan fingerprint density at radius 1 is 1.18 bits per heavy atom. The Labute approximate surface area is 102 Å². The van der Waals surface area contributed by atoms with Crippen molar-refractivity contribution in [3.8, 4) is 23.7 Å². The number of hydrogen-bond donors (Lipinski definition) is 1. The third-order valence-electron chi connectivity index (χ3n) is 1.93. The average Bonchev–Trinajstić information content (AvgIpc) is 2.24. The van der Waals surface area contributed by atoms with E-state index in [2.05, 4.69) is 23.7 Å². The maximum Gasteiger partial charge on any atom is 0.159 e. The Kier molecular flexibility index (Phi) is 4.10. The van der Waals surface area contributed by atoms with Crippen LogP contribution in [0.4, 0.5) is 0 Å². The van der Waals surface area contributed by atoms with Crippen LogP contribution in [0.1, 0.15) is 36.7 Å². The molecular formula is C15H14O2. The average molecular weight is 226 g/mol. The van der Waals surface area contributed by atoms with Crippen LogP contribution in [0.3, 0.4) is 0 Å². The highest BCUT2D eigenvalue weighted by Crippen LogP contribution is 2.03. The molecular weight excluding hydrogens is 212 g/mol. The molecule has 0 unspecified atom stereocenters. The molecule has 0 aliphatic carbocycles. The van der Waals surface area contributed by atoms with Gasteiger partial charge in [-0.3, -0.25) is 4.79 Å². The molecule has 0 fully saturated rings. The summed E-state index contributed by atoms with van der Waals surface area (Å²) in [4.78, 5) is 11.0. The smallest absolute Gasteiger partial charge is 0.159 e. The number of carbonyl (C=O) groups excluding carboxylic acids is 1. The Morgan fingerprint density at radius 3 is 2.24 bits per heavy atom. The van der Waals surface area contributed by atoms with Gasteiger partial charge in [-0.15, -0.1) is 0 Å². The number of rotatable bonds is 1. The monoisotopic (exact) mass is 226 g/mol. The molecule has 2 heteroatoms. The highest BCUT2D eigenvalue weighted by Gasteiger charge is 2.04. The van der Waals surface area contributed by atoms with Gasteiger partial charge in [-0.05, 0) is 44.7 Å². The van der Waals surface area contributed by atoms with Gasteiger partial charge in [0.2, 0.25) is 0 Å². The van der Waals surface area contributed by atoms with Gasteiger partial charge in [0, 0.05) is 11.1 Å². The van der Waals surface area contributed by atoms with Crippen LogP contribution in [-0.2, 0) is 0 Å². The first-order valence-corrected chi connectivity index (χ1v) is 5.25. The van der Waals surface area contributed by atoms with Gasteiger partial charge in [-0.1, -0.05) is 24.0 Å². The number of aliphatic hydroxyl groups is 1. The summed E-state index contributed by atoms with van der Waals surface area (Å²) in [7, 11) is 0. The van der Waals surface area contributed by atoms with Crippen molar-refractivity contribution < 1.29 is 9.90 Å². The topological polar surface area (TPSA) is 37.3 Å². The van der Waals surface area contributed by atoms with Gasteiger partial charge in [-0.25, -0.2) is 0 Å². The Bertz CT molecular complexity index is 523. The van der Waals surface area contributed by atoms with Crippen molar-refractivity contribution in [2.75, 3.05) is 0 Å². The highest BCUT2D eigenvalue weighted by molar-refractivity contribution is 5.94. The third-order valence-corrected chi connectivity index (χ3v) is 1.93. The van der Waals surface area contributed by atoms with Gasteiger partial charge < -0.3 is 5.11 Å². The summed E-state index contributed by atoms with van der Waals surface area (Å²) in [6, 6.07) is 7.01. The second kappa shape index (κ2) is 5.34. The van der Waals surface area contributed by atoms with Crippen LogP contribution >= 0.6 is 0 Å². The lowest BCUT2D eigenvalue weighted by atomic mass is 10.1. The molecule has 0 bridgehead atoms. The molecule has 0 atom stereocenters. The van der Waals surface area contributed by atoms with Crippen molar-refractivity contribution in [3.05, 3.63) is 35.4 Å². The molecule has 0 aliphatic heterocycles. The molecule has 2 nitrogen and oxygen atoms in total. The summed E-state index contributed by atoms with van der Waals surface area (Å²) in [5.74, 6) is 10.7. The van der Waals surface area contributed by atoms with Gasteiger partial charge in [0.15, 0.2) is 5.78 Å². The first kappa shape index (κ1) is 13.0. The van der Waals surface area contributed by atoms with Crippen LogP contribution in [0.15, 0.2) is 24.3 Å². The number of ketones is 1. The predicted octanol–water partition coefficient (Wildman–Crippen LogP) is 2.02. The van der Waals surface area contributed by atoms with Crippen molar-refractivity contribution in [2.24, 2.45) is 0 Å². The molecule has 1 aromatic rings. The van der Waals surface area contributed by atoms with Gasteiger partial charge in [0.05, 0.1) is 0 Å². The van der Waals surface area contributed by atoms with E-state index in [1.165, 1.54) is 6.92 Å². The quantitative estimate of drug-likeness (QED) is 0.587. The largest absolute Gasteiger partial charge is 0.378 e. The summed E-state index contributed by atoms with van der Waals surface area (Å²) in [5, 5.41) is 9.33. The molecule has 0 spiro atoms. The Balaban J connectivity index is 2.79. The van der Waals surface area contributed by atoms with Crippen LogP contribution in [0.2, 0.25) is 0 Å². The number of hydrogen-bond acceptors (Lipinski definition) is 2. The minimum atomic E-state index is -1.02. The predicted molar refractivity (Wildman–Crippen MR) is 67.4 cm³/mol. The SMILES string of the molecule is CC(=O)c1ccc(C#CC#CC(C)(C)O)cc1. The van der Waals surface area contributed by atoms with E-state index in [0.717, 1.165) is 5.56 Å². The van der Waals surface area contributed by atoms with Crippen LogP contribution < -0.4 is 0 Å². The standard InChI is InChI=1S/C15H14O2/c1-12(16)14-9-7-13(8-10-14)6-4-5-11-15(2,3)17/h7-10,17H,1-3H3. The molecule has 0 aliphatic rings. The molecule has 1 rings (SSSR count). The molecule has 0 aromatic heterocycles. The van der Waals surface area contributed by atoms with Crippen molar-refractivity contribution in [2.45, 2.75) is 26.4 Å². The summed E-state index contributed by atoms with van der Waals surface area (Å²) >= 11 is 0. The number of Topliss-reactive ketones (excluding diaryl/α,β-unsaturated/α-hetero) is 1. The highest BCUT2D eigenvalue weighted by atomic mass is 16.3. The lowest BCUT2D eigenvalue weighted by Gasteiger charge is -2.04. The van der Waals surface area contributed by atoms with Gasteiger partial charge in [0.25, 0.3) is 0 Å². The molecule has 0 amide bonds. The zero-order valence-electron chi connectivity index (χ0n) is 10.2. The Hall–Kier alpha value is -2.03. The number of carbonyl (C=O) groups is 1. The van der Waals surface area contributed by atoms with Crippen molar-refractivity contribution >= 4 is 5.78 Å². The van der Waals surface area contributed by atoms with E-state index in [4.69, 9.17) is 0 Å². The van der Waals surface area contributed by atoms with Gasteiger partial charge >= 0.3 is 0 Å². The van der Waals surface area contributed by atoms with E-state index in [0.29, 0.717) is 5.56 Å². The van der Waals surface area contributed by atoms with E-state index < -0.39 is 5.60 Å². The molecule has 17 heavy (non-hydrogen) atoms. The van der Waals surface area contributed by atoms with Crippen molar-refractivity contribution in [1.82, 2.24) is 0 Å². The Morgan fingerprint density at radius 2 is 1.76 bits per heavy atom. The summed E-state index contributed by atoms with van der Waals surface area (Å²) in [5.41, 5.74) is 0.436. The fraction of sp³-hybridized carbons (Fsp3) is 0.267. The molecule has 0 radical (unpaired) electrons. The molecule has 86 valence electrons. The van der Waals surface area contributed by atoms with Gasteiger partial charge in [-0.2, -0.15) is 0 Å². The maximum atomic E-state index is 11.0. The molecule has 0 saturated carbocycles. The minimum absolute atomic E-state index is 0.0336. The van der Waals surface area contributed by atoms with E-state index in [9.17, 15) is 9.90 Å². The van der Waals surface area contributed by atoms with Crippen molar-refractivity contribution in [3.63, 3.8) is 0 Å². The third kappa shape index (κ3) is 5.02. The second-order valence-electron chi connectivity index (χ2n) is 4.19. The minimum Gasteiger partial charge on any atom is -0.378 e. The first-order valence-electron chi connectivity index (χ1n) is 5.25. The maximum absolute atomic E-state index is 11.0. The van der Waals surface area contributed by atoms with Crippen molar-refractivity contribution in [1.29, 1.82) is 0 Å². The van der Waals surface area contributed by atoms with Crippen LogP contribution in [0, 0.1) is 23.7 Å². The molecule has 1 N–H and O–H groups in total. The second-order valence-corrected chi connectivity index (χ2v) is 4.19. The van der Waals surface area contributed by atoms with Gasteiger partial charge in [0.1, 0.15) is 5.60 Å². The van der Waals surface area contributed by atoms with E-state index in [-0.39, 0.29) is 5.78 Å². The first-order chi connectivity index (χ1) is 7.88.